The number of fused-ring (bicyclic) bond motifs is 12. The molecule has 0 atom stereocenters. The molecule has 2 aliphatic rings. The average Bonchev–Trinajstić information content (AvgIpc) is 3.94. The van der Waals surface area contributed by atoms with Crippen LogP contribution < -0.4 is 4.90 Å². The van der Waals surface area contributed by atoms with E-state index in [9.17, 15) is 0 Å². The van der Waals surface area contributed by atoms with E-state index in [1.807, 2.05) is 11.3 Å². The third kappa shape index (κ3) is 4.21. The molecule has 12 rings (SSSR count). The zero-order chi connectivity index (χ0) is 37.3. The van der Waals surface area contributed by atoms with Crippen LogP contribution in [-0.4, -0.2) is 0 Å². The first-order chi connectivity index (χ1) is 27.4. The van der Waals surface area contributed by atoms with Gasteiger partial charge in [0.15, 0.2) is 0 Å². The number of benzene rings is 8. The van der Waals surface area contributed by atoms with Crippen LogP contribution in [0.5, 0.6) is 0 Å². The van der Waals surface area contributed by atoms with E-state index in [1.54, 1.807) is 0 Å². The lowest BCUT2D eigenvalue weighted by molar-refractivity contribution is 0.660. The van der Waals surface area contributed by atoms with E-state index < -0.39 is 0 Å². The number of nitrogens with zero attached hydrogens (tertiary/aromatic N) is 1. The van der Waals surface area contributed by atoms with Gasteiger partial charge in [-0.1, -0.05) is 135 Å². The van der Waals surface area contributed by atoms with Crippen LogP contribution in [0.15, 0.2) is 174 Å². The van der Waals surface area contributed by atoms with Crippen LogP contribution in [0.4, 0.5) is 17.1 Å². The Kier molecular flexibility index (Phi) is 6.44. The van der Waals surface area contributed by atoms with Crippen molar-refractivity contribution in [2.24, 2.45) is 0 Å². The van der Waals surface area contributed by atoms with Gasteiger partial charge in [0.1, 0.15) is 11.2 Å². The summed E-state index contributed by atoms with van der Waals surface area (Å²) >= 11 is 1.86. The molecule has 0 unspecified atom stereocenters. The predicted octanol–water partition coefficient (Wildman–Crippen LogP) is 15.1. The highest BCUT2D eigenvalue weighted by Gasteiger charge is 2.41. The standard InChI is InChI=1S/C53H37NOS/c1-52(2)42-17-8-4-13-35(42)38-27-24-33(30-45(38)52)54(34-25-28-40-39-16-7-11-22-49(39)56-50(40)31-34)46-20-12-21-47-51(46)41-26-23-32(29-48(41)55-47)53(3)43-18-9-5-14-36(43)37-15-6-10-19-44(37)53/h4-31H,1-3H3. The van der Waals surface area contributed by atoms with Gasteiger partial charge in [-0.25, -0.2) is 0 Å². The van der Waals surface area contributed by atoms with Crippen LogP contribution in [0.1, 0.15) is 48.6 Å². The fourth-order valence-corrected chi connectivity index (χ4v) is 11.3. The number of hydrogen-bond acceptors (Lipinski definition) is 3. The van der Waals surface area contributed by atoms with Crippen molar-refractivity contribution in [3.05, 3.63) is 198 Å². The molecule has 0 saturated carbocycles. The van der Waals surface area contributed by atoms with Crippen LogP contribution in [0.3, 0.4) is 0 Å². The Balaban J connectivity index is 1.08. The summed E-state index contributed by atoms with van der Waals surface area (Å²) in [7, 11) is 0. The van der Waals surface area contributed by atoms with Gasteiger partial charge < -0.3 is 9.32 Å². The Labute approximate surface area is 329 Å². The number of rotatable bonds is 4. The molecule has 0 radical (unpaired) electrons. The van der Waals surface area contributed by atoms with Crippen molar-refractivity contribution >= 4 is 70.5 Å². The Morgan fingerprint density at radius 3 is 1.84 bits per heavy atom. The van der Waals surface area contributed by atoms with E-state index in [1.165, 1.54) is 70.2 Å². The zero-order valence-corrected chi connectivity index (χ0v) is 32.2. The largest absolute Gasteiger partial charge is 0.456 e. The van der Waals surface area contributed by atoms with E-state index >= 15 is 0 Å². The van der Waals surface area contributed by atoms with Crippen molar-refractivity contribution in [3.8, 4) is 22.3 Å². The van der Waals surface area contributed by atoms with Gasteiger partial charge in [0, 0.05) is 47.8 Å². The first-order valence-corrected chi connectivity index (χ1v) is 20.3. The molecule has 0 amide bonds. The Bertz CT molecular complexity index is 3220. The van der Waals surface area contributed by atoms with E-state index in [2.05, 4.69) is 196 Å². The lowest BCUT2D eigenvalue weighted by Crippen LogP contribution is -2.22. The minimum Gasteiger partial charge on any atom is -0.456 e. The van der Waals surface area contributed by atoms with Crippen LogP contribution in [0, 0.1) is 0 Å². The minimum atomic E-state index is -0.302. The van der Waals surface area contributed by atoms with Crippen LogP contribution >= 0.6 is 11.3 Å². The zero-order valence-electron chi connectivity index (χ0n) is 31.4. The molecule has 10 aromatic rings. The monoisotopic (exact) mass is 735 g/mol. The molecule has 0 bridgehead atoms. The molecule has 2 aromatic heterocycles. The topological polar surface area (TPSA) is 16.4 Å². The first kappa shape index (κ1) is 31.9. The molecule has 2 nitrogen and oxygen atoms in total. The lowest BCUT2D eigenvalue weighted by Gasteiger charge is -2.29. The highest BCUT2D eigenvalue weighted by atomic mass is 32.1. The molecular formula is C53H37NOS. The average molecular weight is 736 g/mol. The summed E-state index contributed by atoms with van der Waals surface area (Å²) in [6, 6.07) is 62.8. The Morgan fingerprint density at radius 1 is 0.446 bits per heavy atom. The van der Waals surface area contributed by atoms with Crippen LogP contribution in [0.25, 0.3) is 64.4 Å². The normalized spacial score (nSPS) is 14.6. The molecule has 0 saturated heterocycles. The van der Waals surface area contributed by atoms with E-state index in [0.29, 0.717) is 0 Å². The van der Waals surface area contributed by atoms with Crippen molar-refractivity contribution in [2.45, 2.75) is 31.6 Å². The maximum absolute atomic E-state index is 6.87. The molecule has 2 aliphatic carbocycles. The van der Waals surface area contributed by atoms with Crippen LogP contribution in [0.2, 0.25) is 0 Å². The van der Waals surface area contributed by atoms with E-state index in [4.69, 9.17) is 4.42 Å². The number of furan rings is 1. The number of hydrogen-bond donors (Lipinski definition) is 0. The summed E-state index contributed by atoms with van der Waals surface area (Å²) in [6.45, 7) is 7.09. The van der Waals surface area contributed by atoms with Crippen molar-refractivity contribution in [1.29, 1.82) is 0 Å². The molecule has 3 heteroatoms. The quantitative estimate of drug-likeness (QED) is 0.179. The minimum absolute atomic E-state index is 0.124. The number of thiophene rings is 1. The highest BCUT2D eigenvalue weighted by molar-refractivity contribution is 7.25. The van der Waals surface area contributed by atoms with Crippen molar-refractivity contribution in [3.63, 3.8) is 0 Å². The van der Waals surface area contributed by atoms with Crippen molar-refractivity contribution in [1.82, 2.24) is 0 Å². The second kappa shape index (κ2) is 11.3. The maximum atomic E-state index is 6.87. The SMILES string of the molecule is CC1(C)c2ccccc2-c2ccc(N(c3ccc4c(c3)sc3ccccc34)c3cccc4oc5cc(C6(C)c7ccccc7-c7ccccc76)ccc5c34)cc21. The molecule has 266 valence electrons. The Hall–Kier alpha value is -6.42. The fraction of sp³-hybridized carbons (Fsp3) is 0.0943. The molecule has 0 N–H and O–H groups in total. The summed E-state index contributed by atoms with van der Waals surface area (Å²) in [5, 5.41) is 4.83. The second-order valence-electron chi connectivity index (χ2n) is 16.2. The summed E-state index contributed by atoms with van der Waals surface area (Å²) < 4.78 is 9.46. The van der Waals surface area contributed by atoms with Gasteiger partial charge in [-0.05, 0) is 106 Å². The summed E-state index contributed by atoms with van der Waals surface area (Å²) in [5.41, 5.74) is 16.6. The van der Waals surface area contributed by atoms with Crippen molar-refractivity contribution < 1.29 is 4.42 Å². The van der Waals surface area contributed by atoms with Crippen molar-refractivity contribution in [2.75, 3.05) is 4.90 Å². The van der Waals surface area contributed by atoms with Gasteiger partial charge in [-0.3, -0.25) is 0 Å². The van der Waals surface area contributed by atoms with Gasteiger partial charge >= 0.3 is 0 Å². The third-order valence-electron chi connectivity index (χ3n) is 13.0. The summed E-state index contributed by atoms with van der Waals surface area (Å²) in [4.78, 5) is 2.46. The molecule has 0 aliphatic heterocycles. The molecule has 56 heavy (non-hydrogen) atoms. The summed E-state index contributed by atoms with van der Waals surface area (Å²) in [5.74, 6) is 0. The molecule has 2 heterocycles. The van der Waals surface area contributed by atoms with Gasteiger partial charge in [0.05, 0.1) is 11.1 Å². The maximum Gasteiger partial charge on any atom is 0.137 e. The van der Waals surface area contributed by atoms with Gasteiger partial charge in [-0.15, -0.1) is 11.3 Å². The smallest absolute Gasteiger partial charge is 0.137 e. The predicted molar refractivity (Wildman–Crippen MR) is 236 cm³/mol. The van der Waals surface area contributed by atoms with Crippen LogP contribution in [-0.2, 0) is 10.8 Å². The Morgan fingerprint density at radius 2 is 1.05 bits per heavy atom. The lowest BCUT2D eigenvalue weighted by atomic mass is 9.74. The molecular weight excluding hydrogens is 699 g/mol. The summed E-state index contributed by atoms with van der Waals surface area (Å²) in [6.07, 6.45) is 0. The second-order valence-corrected chi connectivity index (χ2v) is 17.3. The molecule has 0 fully saturated rings. The van der Waals surface area contributed by atoms with Gasteiger partial charge in [0.25, 0.3) is 0 Å². The van der Waals surface area contributed by atoms with Gasteiger partial charge in [0.2, 0.25) is 0 Å². The van der Waals surface area contributed by atoms with E-state index in [0.717, 1.165) is 39.0 Å². The van der Waals surface area contributed by atoms with E-state index in [-0.39, 0.29) is 10.8 Å². The number of anilines is 3. The molecule has 8 aromatic carbocycles. The fourth-order valence-electron chi connectivity index (χ4n) is 10.2. The first-order valence-electron chi connectivity index (χ1n) is 19.5. The van der Waals surface area contributed by atoms with Gasteiger partial charge in [-0.2, -0.15) is 0 Å². The highest BCUT2D eigenvalue weighted by Crippen LogP contribution is 2.54. The molecule has 0 spiro atoms. The third-order valence-corrected chi connectivity index (χ3v) is 14.1.